The van der Waals surface area contributed by atoms with Crippen LogP contribution in [-0.2, 0) is 6.54 Å². The number of hydrogen-bond donors (Lipinski definition) is 1. The van der Waals surface area contributed by atoms with Crippen LogP contribution in [-0.4, -0.2) is 25.1 Å². The van der Waals surface area contributed by atoms with Crippen LogP contribution in [0.15, 0.2) is 31.0 Å². The van der Waals surface area contributed by atoms with Gasteiger partial charge in [-0.05, 0) is 31.9 Å². The average Bonchev–Trinajstić information content (AvgIpc) is 2.40. The SMILES string of the molecule is C=CCCCN(C)c1ncccc1CNCCC. The minimum Gasteiger partial charge on any atom is -0.359 e. The zero-order valence-corrected chi connectivity index (χ0v) is 11.7. The van der Waals surface area contributed by atoms with Crippen molar-refractivity contribution in [3.63, 3.8) is 0 Å². The summed E-state index contributed by atoms with van der Waals surface area (Å²) in [7, 11) is 2.11. The maximum absolute atomic E-state index is 4.50. The summed E-state index contributed by atoms with van der Waals surface area (Å²) in [6.45, 7) is 8.89. The zero-order chi connectivity index (χ0) is 13.2. The standard InChI is InChI=1S/C15H25N3/c1-4-6-7-12-18(3)15-14(9-8-11-17-15)13-16-10-5-2/h4,8-9,11,16H,1,5-7,10,12-13H2,2-3H3. The van der Waals surface area contributed by atoms with E-state index in [0.717, 1.165) is 44.7 Å². The molecule has 18 heavy (non-hydrogen) atoms. The molecule has 0 saturated heterocycles. The molecule has 100 valence electrons. The highest BCUT2D eigenvalue weighted by Crippen LogP contribution is 2.16. The van der Waals surface area contributed by atoms with E-state index in [1.54, 1.807) is 0 Å². The van der Waals surface area contributed by atoms with Crippen molar-refractivity contribution in [2.75, 3.05) is 25.0 Å². The molecule has 1 aromatic rings. The fourth-order valence-electron chi connectivity index (χ4n) is 1.89. The van der Waals surface area contributed by atoms with E-state index in [2.05, 4.69) is 41.8 Å². The van der Waals surface area contributed by atoms with Crippen molar-refractivity contribution in [3.8, 4) is 0 Å². The second-order valence-corrected chi connectivity index (χ2v) is 4.52. The lowest BCUT2D eigenvalue weighted by Crippen LogP contribution is -2.23. The van der Waals surface area contributed by atoms with Crippen LogP contribution in [0.2, 0.25) is 0 Å². The number of unbranched alkanes of at least 4 members (excludes halogenated alkanes) is 1. The maximum Gasteiger partial charge on any atom is 0.132 e. The Morgan fingerprint density at radius 3 is 3.06 bits per heavy atom. The summed E-state index contributed by atoms with van der Waals surface area (Å²) in [5, 5.41) is 3.43. The molecule has 0 aromatic carbocycles. The lowest BCUT2D eigenvalue weighted by Gasteiger charge is -2.21. The molecule has 0 spiro atoms. The van der Waals surface area contributed by atoms with Gasteiger partial charge in [-0.25, -0.2) is 4.98 Å². The van der Waals surface area contributed by atoms with Crippen LogP contribution >= 0.6 is 0 Å². The summed E-state index contributed by atoms with van der Waals surface area (Å²) in [4.78, 5) is 6.72. The van der Waals surface area contributed by atoms with Crippen molar-refractivity contribution in [2.45, 2.75) is 32.7 Å². The number of hydrogen-bond acceptors (Lipinski definition) is 3. The van der Waals surface area contributed by atoms with Crippen molar-refractivity contribution >= 4 is 5.82 Å². The Hall–Kier alpha value is -1.35. The van der Waals surface area contributed by atoms with Gasteiger partial charge in [-0.1, -0.05) is 19.1 Å². The first-order chi connectivity index (χ1) is 8.79. The molecule has 0 atom stereocenters. The number of allylic oxidation sites excluding steroid dienone is 1. The Morgan fingerprint density at radius 1 is 1.50 bits per heavy atom. The fourth-order valence-corrected chi connectivity index (χ4v) is 1.89. The molecule has 0 aliphatic heterocycles. The average molecular weight is 247 g/mol. The predicted octanol–water partition coefficient (Wildman–Crippen LogP) is 2.98. The van der Waals surface area contributed by atoms with Crippen LogP contribution in [0.1, 0.15) is 31.7 Å². The minimum absolute atomic E-state index is 0.892. The summed E-state index contributed by atoms with van der Waals surface area (Å²) < 4.78 is 0. The molecule has 0 unspecified atom stereocenters. The third-order valence-corrected chi connectivity index (χ3v) is 2.87. The van der Waals surface area contributed by atoms with E-state index in [4.69, 9.17) is 0 Å². The number of nitrogens with one attached hydrogen (secondary N) is 1. The topological polar surface area (TPSA) is 28.2 Å². The van der Waals surface area contributed by atoms with Crippen molar-refractivity contribution in [3.05, 3.63) is 36.5 Å². The number of anilines is 1. The van der Waals surface area contributed by atoms with Gasteiger partial charge < -0.3 is 10.2 Å². The monoisotopic (exact) mass is 247 g/mol. The van der Waals surface area contributed by atoms with Gasteiger partial charge in [-0.15, -0.1) is 6.58 Å². The first kappa shape index (κ1) is 14.7. The van der Waals surface area contributed by atoms with Crippen LogP contribution in [0, 0.1) is 0 Å². The third-order valence-electron chi connectivity index (χ3n) is 2.87. The molecular formula is C15H25N3. The van der Waals surface area contributed by atoms with Crippen LogP contribution in [0.5, 0.6) is 0 Å². The maximum atomic E-state index is 4.50. The molecule has 3 nitrogen and oxygen atoms in total. The molecule has 0 aliphatic carbocycles. The Bertz CT molecular complexity index is 349. The molecule has 0 aliphatic rings. The molecule has 1 aromatic heterocycles. The summed E-state index contributed by atoms with van der Waals surface area (Å²) in [5.74, 6) is 1.09. The van der Waals surface area contributed by atoms with Crippen molar-refractivity contribution in [1.82, 2.24) is 10.3 Å². The second kappa shape index (κ2) is 8.70. The van der Waals surface area contributed by atoms with Gasteiger partial charge in [0.25, 0.3) is 0 Å². The molecule has 1 N–H and O–H groups in total. The van der Waals surface area contributed by atoms with Crippen LogP contribution in [0.25, 0.3) is 0 Å². The van der Waals surface area contributed by atoms with E-state index in [9.17, 15) is 0 Å². The van der Waals surface area contributed by atoms with Gasteiger partial charge >= 0.3 is 0 Å². The summed E-state index contributed by atoms with van der Waals surface area (Å²) in [6, 6.07) is 4.15. The highest BCUT2D eigenvalue weighted by molar-refractivity contribution is 5.45. The molecule has 0 saturated carbocycles. The van der Waals surface area contributed by atoms with E-state index >= 15 is 0 Å². The Kier molecular flexibility index (Phi) is 7.11. The van der Waals surface area contributed by atoms with E-state index in [0.29, 0.717) is 0 Å². The lowest BCUT2D eigenvalue weighted by atomic mass is 10.2. The molecular weight excluding hydrogens is 222 g/mol. The summed E-state index contributed by atoms with van der Waals surface area (Å²) >= 11 is 0. The first-order valence-corrected chi connectivity index (χ1v) is 6.76. The number of pyridine rings is 1. The molecule has 0 bridgehead atoms. The normalized spacial score (nSPS) is 10.3. The van der Waals surface area contributed by atoms with Gasteiger partial charge in [0.2, 0.25) is 0 Å². The fraction of sp³-hybridized carbons (Fsp3) is 0.533. The predicted molar refractivity (Wildman–Crippen MR) is 78.9 cm³/mol. The molecule has 1 rings (SSSR count). The molecule has 0 amide bonds. The Balaban J connectivity index is 2.59. The minimum atomic E-state index is 0.892. The van der Waals surface area contributed by atoms with Gasteiger partial charge in [-0.3, -0.25) is 0 Å². The Labute approximate surface area is 111 Å². The van der Waals surface area contributed by atoms with E-state index in [1.165, 1.54) is 5.56 Å². The lowest BCUT2D eigenvalue weighted by molar-refractivity contribution is 0.670. The van der Waals surface area contributed by atoms with E-state index < -0.39 is 0 Å². The second-order valence-electron chi connectivity index (χ2n) is 4.52. The largest absolute Gasteiger partial charge is 0.359 e. The Morgan fingerprint density at radius 2 is 2.33 bits per heavy atom. The van der Waals surface area contributed by atoms with Gasteiger partial charge in [-0.2, -0.15) is 0 Å². The molecule has 0 fully saturated rings. The zero-order valence-electron chi connectivity index (χ0n) is 11.7. The van der Waals surface area contributed by atoms with Crippen molar-refractivity contribution < 1.29 is 0 Å². The van der Waals surface area contributed by atoms with Crippen LogP contribution in [0.3, 0.4) is 0 Å². The van der Waals surface area contributed by atoms with E-state index in [1.807, 2.05) is 18.3 Å². The molecule has 3 heteroatoms. The highest BCUT2D eigenvalue weighted by atomic mass is 15.2. The van der Waals surface area contributed by atoms with E-state index in [-0.39, 0.29) is 0 Å². The van der Waals surface area contributed by atoms with Gasteiger partial charge in [0.15, 0.2) is 0 Å². The van der Waals surface area contributed by atoms with Gasteiger partial charge in [0, 0.05) is 31.9 Å². The van der Waals surface area contributed by atoms with Crippen LogP contribution < -0.4 is 10.2 Å². The summed E-state index contributed by atoms with van der Waals surface area (Å²) in [5.41, 5.74) is 1.27. The quantitative estimate of drug-likeness (QED) is 0.537. The number of nitrogens with zero attached hydrogens (tertiary/aromatic N) is 2. The molecule has 0 radical (unpaired) electrons. The summed E-state index contributed by atoms with van der Waals surface area (Å²) in [6.07, 6.45) is 7.17. The highest BCUT2D eigenvalue weighted by Gasteiger charge is 2.07. The van der Waals surface area contributed by atoms with Gasteiger partial charge in [0.05, 0.1) is 0 Å². The van der Waals surface area contributed by atoms with Crippen molar-refractivity contribution in [1.29, 1.82) is 0 Å². The first-order valence-electron chi connectivity index (χ1n) is 6.76. The van der Waals surface area contributed by atoms with Gasteiger partial charge in [0.1, 0.15) is 5.82 Å². The third kappa shape index (κ3) is 4.88. The van der Waals surface area contributed by atoms with Crippen LogP contribution in [0.4, 0.5) is 5.82 Å². The molecule has 1 heterocycles. The number of aromatic nitrogens is 1. The number of rotatable bonds is 9. The smallest absolute Gasteiger partial charge is 0.132 e. The van der Waals surface area contributed by atoms with Crippen molar-refractivity contribution in [2.24, 2.45) is 0 Å².